The topological polar surface area (TPSA) is 61.9 Å². The van der Waals surface area contributed by atoms with Gasteiger partial charge in [-0.3, -0.25) is 4.79 Å². The highest BCUT2D eigenvalue weighted by Gasteiger charge is 2.13. The number of H-pyrrole nitrogens is 1. The summed E-state index contributed by atoms with van der Waals surface area (Å²) < 4.78 is 0. The molecule has 5 nitrogen and oxygen atoms in total. The Labute approximate surface area is 135 Å². The Hall–Kier alpha value is -2.69. The van der Waals surface area contributed by atoms with E-state index in [2.05, 4.69) is 15.0 Å². The van der Waals surface area contributed by atoms with Crippen LogP contribution in [0.15, 0.2) is 48.7 Å². The Morgan fingerprint density at radius 3 is 2.74 bits per heavy atom. The molecular formula is C18H20N4O. The summed E-state index contributed by atoms with van der Waals surface area (Å²) in [6, 6.07) is 13.9. The molecule has 0 radical (unpaired) electrons. The molecule has 0 aliphatic carbocycles. The van der Waals surface area contributed by atoms with Gasteiger partial charge < -0.3 is 9.88 Å². The number of carbonyl (C=O) groups is 1. The number of amides is 1. The highest BCUT2D eigenvalue weighted by molar-refractivity contribution is 5.76. The SMILES string of the molecule is CCN(Cc1ccccc1)C(=O)CCc1nc2ncccc2[nH]1. The minimum absolute atomic E-state index is 0.143. The number of carbonyl (C=O) groups excluding carboxylic acids is 1. The second kappa shape index (κ2) is 7.05. The van der Waals surface area contributed by atoms with E-state index in [0.29, 0.717) is 31.6 Å². The number of nitrogens with zero attached hydrogens (tertiary/aromatic N) is 3. The number of benzene rings is 1. The zero-order valence-electron chi connectivity index (χ0n) is 13.2. The van der Waals surface area contributed by atoms with Crippen LogP contribution in [-0.2, 0) is 17.8 Å². The number of hydrogen-bond acceptors (Lipinski definition) is 3. The molecule has 3 aromatic rings. The van der Waals surface area contributed by atoms with Crippen molar-refractivity contribution >= 4 is 17.1 Å². The molecule has 0 spiro atoms. The van der Waals surface area contributed by atoms with Gasteiger partial charge in [0.1, 0.15) is 5.82 Å². The molecule has 0 atom stereocenters. The molecule has 2 heterocycles. The van der Waals surface area contributed by atoms with E-state index in [-0.39, 0.29) is 5.91 Å². The Bertz CT molecular complexity index is 749. The number of pyridine rings is 1. The first-order valence-electron chi connectivity index (χ1n) is 7.87. The van der Waals surface area contributed by atoms with Crippen LogP contribution in [0.25, 0.3) is 11.2 Å². The van der Waals surface area contributed by atoms with Gasteiger partial charge in [0.15, 0.2) is 5.65 Å². The van der Waals surface area contributed by atoms with Crippen LogP contribution in [0.1, 0.15) is 24.7 Å². The molecule has 1 aromatic carbocycles. The zero-order valence-corrected chi connectivity index (χ0v) is 13.2. The monoisotopic (exact) mass is 308 g/mol. The van der Waals surface area contributed by atoms with Crippen molar-refractivity contribution in [2.24, 2.45) is 0 Å². The number of imidazole rings is 1. The van der Waals surface area contributed by atoms with E-state index in [1.165, 1.54) is 0 Å². The lowest BCUT2D eigenvalue weighted by atomic mass is 10.2. The summed E-state index contributed by atoms with van der Waals surface area (Å²) in [4.78, 5) is 26.1. The minimum atomic E-state index is 0.143. The number of fused-ring (bicyclic) bond motifs is 1. The van der Waals surface area contributed by atoms with E-state index in [1.807, 2.05) is 54.3 Å². The molecule has 0 aliphatic heterocycles. The van der Waals surface area contributed by atoms with E-state index in [9.17, 15) is 4.79 Å². The molecule has 0 saturated carbocycles. The van der Waals surface area contributed by atoms with E-state index in [4.69, 9.17) is 0 Å². The first-order valence-corrected chi connectivity index (χ1v) is 7.87. The fourth-order valence-corrected chi connectivity index (χ4v) is 2.58. The zero-order chi connectivity index (χ0) is 16.1. The average Bonchev–Trinajstić information content (AvgIpc) is 3.01. The lowest BCUT2D eigenvalue weighted by Crippen LogP contribution is -2.30. The smallest absolute Gasteiger partial charge is 0.223 e. The van der Waals surface area contributed by atoms with Gasteiger partial charge in [-0.2, -0.15) is 0 Å². The predicted molar refractivity (Wildman–Crippen MR) is 89.7 cm³/mol. The van der Waals surface area contributed by atoms with Crippen LogP contribution in [0.2, 0.25) is 0 Å². The summed E-state index contributed by atoms with van der Waals surface area (Å²) in [5.41, 5.74) is 2.76. The molecular weight excluding hydrogens is 288 g/mol. The van der Waals surface area contributed by atoms with Gasteiger partial charge in [-0.05, 0) is 24.6 Å². The highest BCUT2D eigenvalue weighted by Crippen LogP contribution is 2.11. The second-order valence-corrected chi connectivity index (χ2v) is 5.45. The van der Waals surface area contributed by atoms with Crippen LogP contribution < -0.4 is 0 Å². The van der Waals surface area contributed by atoms with Gasteiger partial charge in [-0.25, -0.2) is 9.97 Å². The summed E-state index contributed by atoms with van der Waals surface area (Å²) in [6.45, 7) is 3.36. The summed E-state index contributed by atoms with van der Waals surface area (Å²) in [5.74, 6) is 0.951. The van der Waals surface area contributed by atoms with Crippen molar-refractivity contribution in [3.8, 4) is 0 Å². The predicted octanol–water partition coefficient (Wildman–Crippen LogP) is 2.94. The van der Waals surface area contributed by atoms with Gasteiger partial charge in [0.05, 0.1) is 5.52 Å². The summed E-state index contributed by atoms with van der Waals surface area (Å²) in [7, 11) is 0. The van der Waals surface area contributed by atoms with Crippen molar-refractivity contribution in [2.75, 3.05) is 6.54 Å². The quantitative estimate of drug-likeness (QED) is 0.761. The van der Waals surface area contributed by atoms with E-state index in [0.717, 1.165) is 16.9 Å². The van der Waals surface area contributed by atoms with Crippen LogP contribution in [0.3, 0.4) is 0 Å². The summed E-state index contributed by atoms with van der Waals surface area (Å²) in [6.07, 6.45) is 2.76. The number of aromatic nitrogens is 3. The third kappa shape index (κ3) is 3.74. The Kier molecular flexibility index (Phi) is 4.66. The first kappa shape index (κ1) is 15.2. The first-order chi connectivity index (χ1) is 11.3. The van der Waals surface area contributed by atoms with Crippen LogP contribution in [0, 0.1) is 0 Å². The van der Waals surface area contributed by atoms with Crippen molar-refractivity contribution in [2.45, 2.75) is 26.3 Å². The molecule has 118 valence electrons. The Morgan fingerprint density at radius 1 is 1.17 bits per heavy atom. The largest absolute Gasteiger partial charge is 0.341 e. The maximum absolute atomic E-state index is 12.4. The van der Waals surface area contributed by atoms with Gasteiger partial charge in [0.25, 0.3) is 0 Å². The Balaban J connectivity index is 1.60. The van der Waals surface area contributed by atoms with Gasteiger partial charge in [0, 0.05) is 32.1 Å². The van der Waals surface area contributed by atoms with Crippen LogP contribution in [-0.4, -0.2) is 32.3 Å². The highest BCUT2D eigenvalue weighted by atomic mass is 16.2. The van der Waals surface area contributed by atoms with Gasteiger partial charge in [-0.1, -0.05) is 30.3 Å². The number of aromatic amines is 1. The molecule has 0 fully saturated rings. The molecule has 0 unspecified atom stereocenters. The number of aryl methyl sites for hydroxylation is 1. The number of hydrogen-bond donors (Lipinski definition) is 1. The molecule has 2 aromatic heterocycles. The fraction of sp³-hybridized carbons (Fsp3) is 0.278. The van der Waals surface area contributed by atoms with Crippen LogP contribution in [0.4, 0.5) is 0 Å². The van der Waals surface area contributed by atoms with Gasteiger partial charge in [-0.15, -0.1) is 0 Å². The molecule has 0 aliphatic rings. The summed E-state index contributed by atoms with van der Waals surface area (Å²) >= 11 is 0. The number of rotatable bonds is 6. The molecule has 0 bridgehead atoms. The standard InChI is InChI=1S/C18H20N4O/c1-2-22(13-14-7-4-3-5-8-14)17(23)11-10-16-20-15-9-6-12-19-18(15)21-16/h3-9,12H,2,10-11,13H2,1H3,(H,19,20,21). The van der Waals surface area contributed by atoms with Crippen molar-refractivity contribution in [3.05, 3.63) is 60.0 Å². The fourth-order valence-electron chi connectivity index (χ4n) is 2.58. The molecule has 1 amide bonds. The molecule has 0 saturated heterocycles. The van der Waals surface area contributed by atoms with Gasteiger partial charge >= 0.3 is 0 Å². The van der Waals surface area contributed by atoms with Crippen LogP contribution >= 0.6 is 0 Å². The van der Waals surface area contributed by atoms with Crippen molar-refractivity contribution in [1.29, 1.82) is 0 Å². The maximum Gasteiger partial charge on any atom is 0.223 e. The maximum atomic E-state index is 12.4. The average molecular weight is 308 g/mol. The van der Waals surface area contributed by atoms with Crippen molar-refractivity contribution < 1.29 is 4.79 Å². The number of nitrogens with one attached hydrogen (secondary N) is 1. The summed E-state index contributed by atoms with van der Waals surface area (Å²) in [5, 5.41) is 0. The third-order valence-corrected chi connectivity index (χ3v) is 3.83. The lowest BCUT2D eigenvalue weighted by molar-refractivity contribution is -0.131. The minimum Gasteiger partial charge on any atom is -0.341 e. The van der Waals surface area contributed by atoms with E-state index >= 15 is 0 Å². The molecule has 5 heteroatoms. The van der Waals surface area contributed by atoms with Crippen molar-refractivity contribution in [3.63, 3.8) is 0 Å². The van der Waals surface area contributed by atoms with Gasteiger partial charge in [0.2, 0.25) is 5.91 Å². The second-order valence-electron chi connectivity index (χ2n) is 5.45. The molecule has 3 rings (SSSR count). The molecule has 23 heavy (non-hydrogen) atoms. The Morgan fingerprint density at radius 2 is 2.00 bits per heavy atom. The third-order valence-electron chi connectivity index (χ3n) is 3.83. The van der Waals surface area contributed by atoms with Crippen LogP contribution in [0.5, 0.6) is 0 Å². The van der Waals surface area contributed by atoms with E-state index in [1.54, 1.807) is 6.20 Å². The van der Waals surface area contributed by atoms with Crippen molar-refractivity contribution in [1.82, 2.24) is 19.9 Å². The molecule has 1 N–H and O–H groups in total. The van der Waals surface area contributed by atoms with E-state index < -0.39 is 0 Å². The normalized spacial score (nSPS) is 10.8. The lowest BCUT2D eigenvalue weighted by Gasteiger charge is -2.20.